The summed E-state index contributed by atoms with van der Waals surface area (Å²) < 4.78 is 52.1. The SMILES string of the molecule is CC(C)Cc1ccccc1N(C(C)C)C(C)C.CC(C)Cc1ccccc1N(C)C(C)C.CC(C)Cc1ccccc1N(c1ccccc1)C(C)C.CC(C)Cc1ccccc1OC(C)C.Cc1cccc(C)c1N(c1ccccc1CC(C)C)C(C)C.[2H]C([2H])([2H])N(c1ccccc1CC(C)C)C(C)C.[2H]C([2H])([2H])c1cccc(C)c1N(C(=O)CCC(C)C)C(C)C. The van der Waals surface area contributed by atoms with Crippen molar-refractivity contribution in [3.8, 4) is 5.75 Å². The van der Waals surface area contributed by atoms with E-state index >= 15 is 0 Å². The summed E-state index contributed by atoms with van der Waals surface area (Å²) in [5.41, 5.74) is 21.5. The van der Waals surface area contributed by atoms with Crippen molar-refractivity contribution in [1.29, 1.82) is 0 Å². The van der Waals surface area contributed by atoms with Crippen LogP contribution in [-0.2, 0) is 43.3 Å². The minimum atomic E-state index is -2.23. The fourth-order valence-electron chi connectivity index (χ4n) is 15.4. The van der Waals surface area contributed by atoms with Crippen LogP contribution >= 0.6 is 0 Å². The molecule has 0 aliphatic heterocycles. The Labute approximate surface area is 758 Å². The molecule has 0 unspecified atom stereocenters. The molecule has 9 rings (SSSR count). The molecular formula is C114H174N6O2. The topological polar surface area (TPSA) is 45.7 Å². The summed E-state index contributed by atoms with van der Waals surface area (Å²) >= 11 is 0. The summed E-state index contributed by atoms with van der Waals surface area (Å²) in [6.45, 7) is 67.5. The molecule has 0 radical (unpaired) electrons. The minimum absolute atomic E-state index is 0.0106. The summed E-state index contributed by atoms with van der Waals surface area (Å²) in [5.74, 6) is 5.40. The van der Waals surface area contributed by atoms with Crippen LogP contribution in [0.1, 0.15) is 284 Å². The number of anilines is 8. The maximum atomic E-state index is 12.7. The number of rotatable bonds is 32. The van der Waals surface area contributed by atoms with Gasteiger partial charge in [0.05, 0.1) is 6.10 Å². The molecule has 0 heterocycles. The van der Waals surface area contributed by atoms with Crippen molar-refractivity contribution in [3.05, 3.63) is 268 Å². The van der Waals surface area contributed by atoms with E-state index in [0.717, 1.165) is 67.5 Å². The lowest BCUT2D eigenvalue weighted by Gasteiger charge is -2.35. The number of carbonyl (C=O) groups is 1. The van der Waals surface area contributed by atoms with Crippen LogP contribution in [0.2, 0.25) is 0 Å². The Morgan fingerprint density at radius 1 is 0.303 bits per heavy atom. The highest BCUT2D eigenvalue weighted by Crippen LogP contribution is 2.38. The lowest BCUT2D eigenvalue weighted by Crippen LogP contribution is -2.38. The molecule has 0 fully saturated rings. The van der Waals surface area contributed by atoms with Gasteiger partial charge in [0.1, 0.15) is 5.75 Å². The first-order valence-electron chi connectivity index (χ1n) is 49.4. The highest BCUT2D eigenvalue weighted by molar-refractivity contribution is 5.95. The van der Waals surface area contributed by atoms with Gasteiger partial charge in [-0.25, -0.2) is 0 Å². The summed E-state index contributed by atoms with van der Waals surface area (Å²) in [4.78, 5) is 25.6. The number of nitrogens with zero attached hydrogens (tertiary/aromatic N) is 6. The van der Waals surface area contributed by atoms with E-state index in [1.807, 2.05) is 71.0 Å². The highest BCUT2D eigenvalue weighted by atomic mass is 16.5. The number of aryl methyl sites for hydroxylation is 4. The van der Waals surface area contributed by atoms with Crippen LogP contribution in [0.3, 0.4) is 0 Å². The summed E-state index contributed by atoms with van der Waals surface area (Å²) in [7, 11) is 2.17. The van der Waals surface area contributed by atoms with Gasteiger partial charge in [0.2, 0.25) is 5.91 Å². The molecule has 672 valence electrons. The largest absolute Gasteiger partial charge is 0.491 e. The number of para-hydroxylation sites is 9. The Balaban J connectivity index is 0.000000387. The first-order valence-corrected chi connectivity index (χ1v) is 46.4. The number of benzene rings is 9. The third kappa shape index (κ3) is 37.4. The molecule has 0 atom stereocenters. The van der Waals surface area contributed by atoms with Gasteiger partial charge in [-0.1, -0.05) is 261 Å². The Morgan fingerprint density at radius 2 is 0.623 bits per heavy atom. The summed E-state index contributed by atoms with van der Waals surface area (Å²) in [5, 5.41) is 0. The molecule has 1 amide bonds. The molecule has 0 aliphatic rings. The monoisotopic (exact) mass is 1670 g/mol. The maximum absolute atomic E-state index is 12.7. The second-order valence-electron chi connectivity index (χ2n) is 38.5. The Kier molecular flexibility index (Phi) is 44.1. The predicted molar refractivity (Wildman–Crippen MR) is 545 cm³/mol. The molecule has 0 N–H and O–H groups in total. The van der Waals surface area contributed by atoms with E-state index in [1.165, 1.54) is 78.0 Å². The van der Waals surface area contributed by atoms with E-state index in [1.54, 1.807) is 17.0 Å². The lowest BCUT2D eigenvalue weighted by molar-refractivity contribution is -0.119. The number of hydrogen-bond donors (Lipinski definition) is 0. The molecule has 0 spiro atoms. The molecule has 0 bridgehead atoms. The van der Waals surface area contributed by atoms with Gasteiger partial charge < -0.3 is 34.1 Å². The standard InChI is InChI=1S/C21H29N.C19H25N.C17H27NO.C16H27N.2C14H23N.C13H20O/c1-15(2)14-19-12-7-8-13-20(19)22(16(3)4)21-17(5)10-9-11-18(21)6;1-15(2)14-17-10-8-9-13-19(17)20(16(3)4)18-11-6-5-7-12-18;1-12(2)10-11-16(19)18(13(3)4)17-14(5)8-7-9-15(17)6;1-12(2)11-15-9-7-8-10-16(15)17(13(3)4)14(5)6;2*1-11(2)10-13-8-6-7-9-14(13)15(5)12(3)4;1-10(2)9-12-7-5-6-8-13(12)14-11(3)4/h7-13,15-16H,14H2,1-6H3;5-13,15-16H,14H2,1-4H3;7-9,12-13H,10-11H2,1-6H3;7-10,12-14H,11H2,1-6H3;2*6-9,11-12H,10H2,1-5H3;5-8,10-11H,9H2,1-4H3/i;;5D3;;5D3;;. The molecule has 122 heavy (non-hydrogen) atoms. The number of carbonyl (C=O) groups excluding carboxylic acids is 1. The van der Waals surface area contributed by atoms with Crippen molar-refractivity contribution < 1.29 is 17.8 Å². The zero-order valence-electron chi connectivity index (χ0n) is 89.0. The van der Waals surface area contributed by atoms with E-state index < -0.39 is 13.8 Å². The fraction of sp³-hybridized carbons (Fsp3) is 0.518. The van der Waals surface area contributed by atoms with Gasteiger partial charge in [-0.3, -0.25) is 4.79 Å². The second-order valence-corrected chi connectivity index (χ2v) is 38.5. The molecule has 0 aromatic heterocycles. The van der Waals surface area contributed by atoms with E-state index in [-0.39, 0.29) is 29.7 Å². The molecule has 0 saturated carbocycles. The van der Waals surface area contributed by atoms with Gasteiger partial charge in [0.25, 0.3) is 0 Å². The van der Waals surface area contributed by atoms with Crippen molar-refractivity contribution in [2.45, 2.75) is 335 Å². The normalized spacial score (nSPS) is 12.1. The van der Waals surface area contributed by atoms with Crippen LogP contribution in [0.4, 0.5) is 45.5 Å². The number of amides is 1. The zero-order valence-corrected chi connectivity index (χ0v) is 83.0. The zero-order chi connectivity index (χ0) is 96.8. The van der Waals surface area contributed by atoms with E-state index in [2.05, 4.69) is 384 Å². The minimum Gasteiger partial charge on any atom is -0.491 e. The van der Waals surface area contributed by atoms with Crippen LogP contribution in [-0.4, -0.2) is 68.3 Å². The number of ether oxygens (including phenoxy) is 1. The first-order chi connectivity index (χ1) is 59.8. The van der Waals surface area contributed by atoms with Crippen LogP contribution in [0, 0.1) is 69.0 Å². The van der Waals surface area contributed by atoms with Crippen LogP contribution in [0.15, 0.2) is 212 Å². The van der Waals surface area contributed by atoms with Crippen molar-refractivity contribution >= 4 is 51.4 Å². The smallest absolute Gasteiger partial charge is 0.227 e. The van der Waals surface area contributed by atoms with Crippen LogP contribution in [0.5, 0.6) is 5.75 Å². The van der Waals surface area contributed by atoms with Crippen molar-refractivity contribution in [1.82, 2.24) is 0 Å². The highest BCUT2D eigenvalue weighted by Gasteiger charge is 2.25. The van der Waals surface area contributed by atoms with Gasteiger partial charge in [-0.2, -0.15) is 0 Å². The lowest BCUT2D eigenvalue weighted by atomic mass is 9.98. The summed E-state index contributed by atoms with van der Waals surface area (Å²) in [6, 6.07) is 76.1. The molecule has 0 aliphatic carbocycles. The average molecular weight is 1670 g/mol. The van der Waals surface area contributed by atoms with Gasteiger partial charge >= 0.3 is 0 Å². The fourth-order valence-corrected chi connectivity index (χ4v) is 15.4. The summed E-state index contributed by atoms with van der Waals surface area (Å²) in [6.07, 6.45) is 8.03. The van der Waals surface area contributed by atoms with E-state index in [9.17, 15) is 4.79 Å². The third-order valence-electron chi connectivity index (χ3n) is 20.8. The third-order valence-corrected chi connectivity index (χ3v) is 20.8. The van der Waals surface area contributed by atoms with Crippen molar-refractivity contribution in [2.75, 3.05) is 43.4 Å². The molecule has 8 nitrogen and oxygen atoms in total. The Morgan fingerprint density at radius 3 is 0.975 bits per heavy atom. The molecule has 9 aromatic carbocycles. The average Bonchev–Trinajstić information content (AvgIpc) is 0.793. The Bertz CT molecular complexity index is 4530. The maximum Gasteiger partial charge on any atom is 0.227 e. The molecule has 9 aromatic rings. The van der Waals surface area contributed by atoms with E-state index in [4.69, 9.17) is 13.0 Å². The van der Waals surface area contributed by atoms with Gasteiger partial charge in [-0.15, -0.1) is 0 Å². The predicted octanol–water partition coefficient (Wildman–Crippen LogP) is 31.6. The van der Waals surface area contributed by atoms with Gasteiger partial charge in [-0.05, 0) is 329 Å². The van der Waals surface area contributed by atoms with Crippen molar-refractivity contribution in [3.63, 3.8) is 0 Å². The molecule has 8 heteroatoms. The molecular weight excluding hydrogens is 1490 g/mol. The molecule has 0 saturated heterocycles. The first kappa shape index (κ1) is 97.1. The van der Waals surface area contributed by atoms with Crippen LogP contribution in [0.25, 0.3) is 0 Å². The van der Waals surface area contributed by atoms with Crippen LogP contribution < -0.4 is 34.1 Å². The van der Waals surface area contributed by atoms with Crippen molar-refractivity contribution in [2.24, 2.45) is 41.4 Å². The Hall–Kier alpha value is -8.75. The number of hydrogen-bond acceptors (Lipinski definition) is 7. The quantitative estimate of drug-likeness (QED) is 0.0416. The van der Waals surface area contributed by atoms with E-state index in [0.29, 0.717) is 83.7 Å². The van der Waals surface area contributed by atoms with Gasteiger partial charge in [0, 0.05) is 116 Å². The second kappa shape index (κ2) is 55.5. The van der Waals surface area contributed by atoms with Gasteiger partial charge in [0.15, 0.2) is 0 Å².